The summed E-state index contributed by atoms with van der Waals surface area (Å²) < 4.78 is 40.0. The van der Waals surface area contributed by atoms with Crippen LogP contribution in [0.5, 0.6) is 0 Å². The summed E-state index contributed by atoms with van der Waals surface area (Å²) in [7, 11) is 0. The molecular formula is C21H21F3N2S. The number of unbranched alkanes of at least 4 members (excludes halogenated alkanes) is 3. The summed E-state index contributed by atoms with van der Waals surface area (Å²) in [5, 5.41) is 2.01. The molecule has 0 N–H and O–H groups in total. The van der Waals surface area contributed by atoms with E-state index in [1.165, 1.54) is 43.2 Å². The molecule has 0 aliphatic carbocycles. The summed E-state index contributed by atoms with van der Waals surface area (Å²) in [4.78, 5) is 9.58. The number of nitrogens with zero attached hydrogens (tertiary/aromatic N) is 2. The van der Waals surface area contributed by atoms with E-state index < -0.39 is 11.7 Å². The number of hydrogen-bond donors (Lipinski definition) is 0. The molecular weight excluding hydrogens is 369 g/mol. The van der Waals surface area contributed by atoms with Crippen molar-refractivity contribution in [3.8, 4) is 22.0 Å². The van der Waals surface area contributed by atoms with Gasteiger partial charge in [-0.1, -0.05) is 44.4 Å². The normalized spacial score (nSPS) is 11.7. The van der Waals surface area contributed by atoms with Crippen LogP contribution in [0.2, 0.25) is 0 Å². The van der Waals surface area contributed by atoms with Crippen molar-refractivity contribution in [3.05, 3.63) is 59.1 Å². The zero-order valence-corrected chi connectivity index (χ0v) is 15.9. The molecule has 0 saturated carbocycles. The van der Waals surface area contributed by atoms with E-state index in [0.717, 1.165) is 23.8 Å². The summed E-state index contributed by atoms with van der Waals surface area (Å²) in [6.07, 6.45) is 2.73. The first-order valence-electron chi connectivity index (χ1n) is 9.07. The summed E-state index contributed by atoms with van der Waals surface area (Å²) in [5.74, 6) is 0.103. The first kappa shape index (κ1) is 19.5. The average Bonchev–Trinajstić information content (AvgIpc) is 3.13. The largest absolute Gasteiger partial charge is 0.417 e. The van der Waals surface area contributed by atoms with Gasteiger partial charge in [0.05, 0.1) is 16.1 Å². The zero-order valence-electron chi connectivity index (χ0n) is 15.1. The van der Waals surface area contributed by atoms with Gasteiger partial charge in [0.2, 0.25) is 0 Å². The lowest BCUT2D eigenvalue weighted by atomic mass is 10.0. The van der Waals surface area contributed by atoms with Gasteiger partial charge in [0.15, 0.2) is 5.82 Å². The highest BCUT2D eigenvalue weighted by Gasteiger charge is 2.34. The zero-order chi connectivity index (χ0) is 19.3. The van der Waals surface area contributed by atoms with E-state index in [1.807, 2.05) is 5.38 Å². The number of rotatable bonds is 7. The van der Waals surface area contributed by atoms with Gasteiger partial charge >= 0.3 is 6.18 Å². The van der Waals surface area contributed by atoms with Crippen LogP contribution in [0, 0.1) is 0 Å². The van der Waals surface area contributed by atoms with Crippen molar-refractivity contribution in [2.75, 3.05) is 0 Å². The molecule has 0 atom stereocenters. The summed E-state index contributed by atoms with van der Waals surface area (Å²) in [5.41, 5.74) is 1.17. The van der Waals surface area contributed by atoms with E-state index in [4.69, 9.17) is 0 Å². The topological polar surface area (TPSA) is 25.8 Å². The Labute approximate surface area is 161 Å². The predicted molar refractivity (Wildman–Crippen MR) is 104 cm³/mol. The van der Waals surface area contributed by atoms with Crippen molar-refractivity contribution in [2.24, 2.45) is 0 Å². The number of aryl methyl sites for hydroxylation is 1. The second-order valence-electron chi connectivity index (χ2n) is 6.39. The third-order valence-corrected chi connectivity index (χ3v) is 5.39. The maximum Gasteiger partial charge on any atom is 0.417 e. The SMILES string of the molecule is CCCCCCc1ccsc1-c1ccnc(-c2ccccc2C(F)(F)F)n1. The Balaban J connectivity index is 1.91. The molecule has 0 radical (unpaired) electrons. The average molecular weight is 390 g/mol. The van der Waals surface area contributed by atoms with Crippen molar-refractivity contribution in [1.82, 2.24) is 9.97 Å². The highest BCUT2D eigenvalue weighted by molar-refractivity contribution is 7.13. The highest BCUT2D eigenvalue weighted by atomic mass is 32.1. The second kappa shape index (κ2) is 8.65. The van der Waals surface area contributed by atoms with Gasteiger partial charge in [-0.15, -0.1) is 11.3 Å². The number of aromatic nitrogens is 2. The van der Waals surface area contributed by atoms with Crippen LogP contribution in [0.1, 0.15) is 43.7 Å². The Morgan fingerprint density at radius 3 is 2.59 bits per heavy atom. The van der Waals surface area contributed by atoms with Gasteiger partial charge in [0.25, 0.3) is 0 Å². The number of benzene rings is 1. The maximum atomic E-state index is 13.3. The molecule has 0 spiro atoms. The molecule has 27 heavy (non-hydrogen) atoms. The molecule has 0 saturated heterocycles. The lowest BCUT2D eigenvalue weighted by molar-refractivity contribution is -0.137. The van der Waals surface area contributed by atoms with E-state index in [1.54, 1.807) is 23.5 Å². The molecule has 0 amide bonds. The van der Waals surface area contributed by atoms with Crippen LogP contribution in [-0.4, -0.2) is 9.97 Å². The van der Waals surface area contributed by atoms with E-state index in [2.05, 4.69) is 23.0 Å². The first-order valence-corrected chi connectivity index (χ1v) is 9.95. The van der Waals surface area contributed by atoms with Crippen LogP contribution in [0.15, 0.2) is 48.0 Å². The third-order valence-electron chi connectivity index (χ3n) is 4.41. The fourth-order valence-electron chi connectivity index (χ4n) is 3.04. The van der Waals surface area contributed by atoms with Gasteiger partial charge in [-0.05, 0) is 42.0 Å². The molecule has 0 unspecified atom stereocenters. The summed E-state index contributed by atoms with van der Waals surface area (Å²) in [6, 6.07) is 9.28. The summed E-state index contributed by atoms with van der Waals surface area (Å²) >= 11 is 1.57. The van der Waals surface area contributed by atoms with Crippen LogP contribution in [-0.2, 0) is 12.6 Å². The van der Waals surface area contributed by atoms with Gasteiger partial charge in [-0.2, -0.15) is 13.2 Å². The highest BCUT2D eigenvalue weighted by Crippen LogP contribution is 2.37. The van der Waals surface area contributed by atoms with Crippen LogP contribution in [0.4, 0.5) is 13.2 Å². The van der Waals surface area contributed by atoms with Gasteiger partial charge < -0.3 is 0 Å². The van der Waals surface area contributed by atoms with E-state index in [-0.39, 0.29) is 11.4 Å². The second-order valence-corrected chi connectivity index (χ2v) is 7.31. The molecule has 2 nitrogen and oxygen atoms in total. The fraction of sp³-hybridized carbons (Fsp3) is 0.333. The maximum absolute atomic E-state index is 13.3. The molecule has 0 bridgehead atoms. The van der Waals surface area contributed by atoms with Crippen LogP contribution >= 0.6 is 11.3 Å². The van der Waals surface area contributed by atoms with E-state index in [9.17, 15) is 13.2 Å². The van der Waals surface area contributed by atoms with E-state index in [0.29, 0.717) is 5.69 Å². The number of alkyl halides is 3. The minimum atomic E-state index is -4.44. The van der Waals surface area contributed by atoms with Crippen LogP contribution in [0.25, 0.3) is 22.0 Å². The molecule has 2 heterocycles. The predicted octanol–water partition coefficient (Wildman–Crippen LogP) is 7.01. The Kier molecular flexibility index (Phi) is 6.26. The molecule has 3 aromatic rings. The van der Waals surface area contributed by atoms with Crippen LogP contribution in [0.3, 0.4) is 0 Å². The Hall–Kier alpha value is -2.21. The Morgan fingerprint density at radius 2 is 1.81 bits per heavy atom. The van der Waals surface area contributed by atoms with Crippen molar-refractivity contribution < 1.29 is 13.2 Å². The molecule has 3 rings (SSSR count). The first-order chi connectivity index (χ1) is 13.0. The minimum absolute atomic E-state index is 0.00732. The molecule has 1 aromatic carbocycles. The number of halogens is 3. The molecule has 2 aromatic heterocycles. The van der Waals surface area contributed by atoms with Crippen molar-refractivity contribution in [2.45, 2.75) is 45.2 Å². The molecule has 0 aliphatic rings. The van der Waals surface area contributed by atoms with Gasteiger partial charge in [0.1, 0.15) is 0 Å². The smallest absolute Gasteiger partial charge is 0.237 e. The lowest BCUT2D eigenvalue weighted by Gasteiger charge is -2.12. The monoisotopic (exact) mass is 390 g/mol. The van der Waals surface area contributed by atoms with Crippen molar-refractivity contribution >= 4 is 11.3 Å². The van der Waals surface area contributed by atoms with E-state index >= 15 is 0 Å². The van der Waals surface area contributed by atoms with Crippen LogP contribution < -0.4 is 0 Å². The molecule has 0 fully saturated rings. The van der Waals surface area contributed by atoms with Crippen molar-refractivity contribution in [3.63, 3.8) is 0 Å². The molecule has 6 heteroatoms. The van der Waals surface area contributed by atoms with Gasteiger partial charge in [-0.25, -0.2) is 9.97 Å². The van der Waals surface area contributed by atoms with Crippen molar-refractivity contribution in [1.29, 1.82) is 0 Å². The summed E-state index contributed by atoms with van der Waals surface area (Å²) in [6.45, 7) is 2.18. The molecule has 0 aliphatic heterocycles. The standard InChI is InChI=1S/C21H21F3N2S/c1-2-3-4-5-8-15-12-14-27-19(15)18-11-13-25-20(26-18)16-9-6-7-10-17(16)21(22,23)24/h6-7,9-14H,2-5,8H2,1H3. The number of thiophene rings is 1. The fourth-order valence-corrected chi connectivity index (χ4v) is 3.96. The lowest BCUT2D eigenvalue weighted by Crippen LogP contribution is -2.08. The Morgan fingerprint density at radius 1 is 1.00 bits per heavy atom. The Bertz CT molecular complexity index is 887. The molecule has 142 valence electrons. The minimum Gasteiger partial charge on any atom is -0.237 e. The third kappa shape index (κ3) is 4.75. The van der Waals surface area contributed by atoms with Gasteiger partial charge in [0, 0.05) is 11.8 Å². The quantitative estimate of drug-likeness (QED) is 0.405. The number of hydrogen-bond acceptors (Lipinski definition) is 3. The van der Waals surface area contributed by atoms with Gasteiger partial charge in [-0.3, -0.25) is 0 Å².